The number of hydrogen-bond donors (Lipinski definition) is 2. The lowest BCUT2D eigenvalue weighted by molar-refractivity contribution is -0.118. The molecule has 1 aliphatic rings. The van der Waals surface area contributed by atoms with Gasteiger partial charge < -0.3 is 19.9 Å². The number of nitrogens with one attached hydrogen (secondary N) is 1. The van der Waals surface area contributed by atoms with Gasteiger partial charge in [0.15, 0.2) is 0 Å². The predicted molar refractivity (Wildman–Crippen MR) is 75.8 cm³/mol. The molecule has 1 amide bonds. The van der Waals surface area contributed by atoms with Crippen molar-refractivity contribution in [1.29, 1.82) is 0 Å². The molecule has 1 unspecified atom stereocenters. The Hall–Kier alpha value is -1.56. The zero-order valence-corrected chi connectivity index (χ0v) is 11.8. The molecule has 2 rings (SSSR count). The second-order valence-corrected chi connectivity index (χ2v) is 4.90. The van der Waals surface area contributed by atoms with Crippen LogP contribution in [0, 0.1) is 0 Å². The Morgan fingerprint density at radius 1 is 1.60 bits per heavy atom. The van der Waals surface area contributed by atoms with Crippen LogP contribution in [-0.2, 0) is 9.53 Å². The van der Waals surface area contributed by atoms with E-state index in [1.165, 1.54) is 7.11 Å². The molecule has 1 aromatic rings. The van der Waals surface area contributed by atoms with Gasteiger partial charge in [0.1, 0.15) is 12.4 Å². The van der Waals surface area contributed by atoms with Crippen molar-refractivity contribution < 1.29 is 19.4 Å². The quantitative estimate of drug-likeness (QED) is 0.858. The van der Waals surface area contributed by atoms with Crippen molar-refractivity contribution in [3.63, 3.8) is 0 Å². The molecular weight excluding hydrogens is 282 g/mol. The number of fused-ring (bicyclic) bond motifs is 1. The van der Waals surface area contributed by atoms with E-state index in [-0.39, 0.29) is 25.7 Å². The monoisotopic (exact) mass is 297 g/mol. The van der Waals surface area contributed by atoms with Gasteiger partial charge in [0.05, 0.1) is 18.3 Å². The smallest absolute Gasteiger partial charge is 0.250 e. The van der Waals surface area contributed by atoms with E-state index in [0.717, 1.165) is 5.56 Å². The molecule has 1 heterocycles. The molecule has 108 valence electrons. The highest BCUT2D eigenvalue weighted by atomic mass is 35.5. The van der Waals surface area contributed by atoms with Crippen molar-refractivity contribution in [2.75, 3.05) is 26.9 Å². The number of ether oxygens (including phenoxy) is 2. The Balaban J connectivity index is 2.01. The Kier molecular flexibility index (Phi) is 5.00. The predicted octanol–water partition coefficient (Wildman–Crippen LogP) is 1.24. The lowest BCUT2D eigenvalue weighted by atomic mass is 10.1. The first-order valence-corrected chi connectivity index (χ1v) is 6.56. The lowest BCUT2D eigenvalue weighted by Gasteiger charge is -2.18. The topological polar surface area (TPSA) is 67.8 Å². The van der Waals surface area contributed by atoms with Gasteiger partial charge in [-0.25, -0.2) is 0 Å². The molecule has 1 aromatic carbocycles. The summed E-state index contributed by atoms with van der Waals surface area (Å²) >= 11 is 5.91. The van der Waals surface area contributed by atoms with E-state index in [2.05, 4.69) is 5.32 Å². The fraction of sp³-hybridized carbons (Fsp3) is 0.357. The minimum Gasteiger partial charge on any atom is -0.488 e. The van der Waals surface area contributed by atoms with Gasteiger partial charge in [-0.1, -0.05) is 11.6 Å². The lowest BCUT2D eigenvalue weighted by Crippen LogP contribution is -2.36. The summed E-state index contributed by atoms with van der Waals surface area (Å²) in [6.45, 7) is 0.502. The molecule has 0 aromatic heterocycles. The average Bonchev–Trinajstić information content (AvgIpc) is 2.44. The second-order valence-electron chi connectivity index (χ2n) is 4.46. The molecule has 1 atom stereocenters. The molecule has 1 aliphatic heterocycles. The van der Waals surface area contributed by atoms with Gasteiger partial charge in [0.2, 0.25) is 0 Å². The maximum absolute atomic E-state index is 12.0. The van der Waals surface area contributed by atoms with Crippen LogP contribution in [0.4, 0.5) is 0 Å². The number of amides is 1. The second kappa shape index (κ2) is 6.74. The van der Waals surface area contributed by atoms with Crippen molar-refractivity contribution >= 4 is 23.6 Å². The fourth-order valence-electron chi connectivity index (χ4n) is 1.85. The molecule has 0 saturated heterocycles. The standard InChI is InChI=1S/C14H16ClNO4/c1-19-8-12(17)6-16-14(18)10-4-9-5-11(15)2-3-13(9)20-7-10/h2-5,12,17H,6-8H2,1H3,(H,16,18). The van der Waals surface area contributed by atoms with E-state index >= 15 is 0 Å². The first-order chi connectivity index (χ1) is 9.60. The molecule has 0 spiro atoms. The molecule has 5 nitrogen and oxygen atoms in total. The maximum atomic E-state index is 12.0. The minimum absolute atomic E-state index is 0.131. The molecule has 0 fully saturated rings. The maximum Gasteiger partial charge on any atom is 0.250 e. The summed E-state index contributed by atoms with van der Waals surface area (Å²) < 4.78 is 10.3. The zero-order valence-electron chi connectivity index (χ0n) is 11.1. The van der Waals surface area contributed by atoms with Crippen LogP contribution in [0.5, 0.6) is 5.75 Å². The first-order valence-electron chi connectivity index (χ1n) is 6.18. The molecule has 20 heavy (non-hydrogen) atoms. The largest absolute Gasteiger partial charge is 0.488 e. The number of rotatable bonds is 5. The third kappa shape index (κ3) is 3.72. The van der Waals surface area contributed by atoms with Crippen molar-refractivity contribution in [1.82, 2.24) is 5.32 Å². The van der Waals surface area contributed by atoms with Gasteiger partial charge in [-0.15, -0.1) is 0 Å². The first kappa shape index (κ1) is 14.8. The highest BCUT2D eigenvalue weighted by Crippen LogP contribution is 2.28. The highest BCUT2D eigenvalue weighted by molar-refractivity contribution is 6.30. The average molecular weight is 298 g/mol. The number of hydrogen-bond acceptors (Lipinski definition) is 4. The Bertz CT molecular complexity index is 530. The molecular formula is C14H16ClNO4. The summed E-state index contributed by atoms with van der Waals surface area (Å²) in [6, 6.07) is 5.24. The number of aliphatic hydroxyl groups excluding tert-OH is 1. The molecule has 0 bridgehead atoms. The summed E-state index contributed by atoms with van der Waals surface area (Å²) in [5, 5.41) is 12.7. The summed E-state index contributed by atoms with van der Waals surface area (Å²) in [4.78, 5) is 12.0. The molecule has 0 radical (unpaired) electrons. The number of carbonyl (C=O) groups is 1. The van der Waals surface area contributed by atoms with Gasteiger partial charge in [-0.05, 0) is 24.3 Å². The number of aliphatic hydroxyl groups is 1. The van der Waals surface area contributed by atoms with Gasteiger partial charge in [0, 0.05) is 24.2 Å². The van der Waals surface area contributed by atoms with Crippen LogP contribution in [0.1, 0.15) is 5.56 Å². The van der Waals surface area contributed by atoms with Gasteiger partial charge >= 0.3 is 0 Å². The van der Waals surface area contributed by atoms with Gasteiger partial charge in [-0.2, -0.15) is 0 Å². The molecule has 0 aliphatic carbocycles. The number of carbonyl (C=O) groups excluding carboxylic acids is 1. The van der Waals surface area contributed by atoms with Crippen LogP contribution < -0.4 is 10.1 Å². The van der Waals surface area contributed by atoms with E-state index in [9.17, 15) is 9.90 Å². The normalized spacial score (nSPS) is 14.8. The van der Waals surface area contributed by atoms with Crippen LogP contribution in [0.25, 0.3) is 6.08 Å². The Morgan fingerprint density at radius 3 is 3.15 bits per heavy atom. The van der Waals surface area contributed by atoms with Crippen LogP contribution in [0.3, 0.4) is 0 Å². The third-order valence-corrected chi connectivity index (χ3v) is 3.07. The highest BCUT2D eigenvalue weighted by Gasteiger charge is 2.18. The van der Waals surface area contributed by atoms with Crippen molar-refractivity contribution in [2.45, 2.75) is 6.10 Å². The Morgan fingerprint density at radius 2 is 2.40 bits per heavy atom. The van der Waals surface area contributed by atoms with E-state index in [0.29, 0.717) is 16.3 Å². The van der Waals surface area contributed by atoms with Crippen LogP contribution in [0.15, 0.2) is 23.8 Å². The molecule has 2 N–H and O–H groups in total. The van der Waals surface area contributed by atoms with E-state index in [1.54, 1.807) is 24.3 Å². The molecule has 0 saturated carbocycles. The zero-order chi connectivity index (χ0) is 14.5. The van der Waals surface area contributed by atoms with Crippen LogP contribution in [0.2, 0.25) is 5.02 Å². The van der Waals surface area contributed by atoms with Crippen LogP contribution in [-0.4, -0.2) is 44.0 Å². The van der Waals surface area contributed by atoms with Gasteiger partial charge in [-0.3, -0.25) is 4.79 Å². The Labute approximate surface area is 122 Å². The van der Waals surface area contributed by atoms with Crippen molar-refractivity contribution in [3.8, 4) is 5.75 Å². The number of benzene rings is 1. The number of methoxy groups -OCH3 is 1. The van der Waals surface area contributed by atoms with E-state index in [4.69, 9.17) is 21.1 Å². The third-order valence-electron chi connectivity index (χ3n) is 2.83. The summed E-state index contributed by atoms with van der Waals surface area (Å²) in [5.74, 6) is 0.427. The van der Waals surface area contributed by atoms with E-state index < -0.39 is 6.10 Å². The van der Waals surface area contributed by atoms with E-state index in [1.807, 2.05) is 0 Å². The summed E-state index contributed by atoms with van der Waals surface area (Å²) in [6.07, 6.45) is 1.01. The minimum atomic E-state index is -0.726. The fourth-order valence-corrected chi connectivity index (χ4v) is 2.04. The molecule has 6 heteroatoms. The van der Waals surface area contributed by atoms with Crippen LogP contribution >= 0.6 is 11.6 Å². The van der Waals surface area contributed by atoms with Crippen molar-refractivity contribution in [3.05, 3.63) is 34.4 Å². The summed E-state index contributed by atoms with van der Waals surface area (Å²) in [7, 11) is 1.49. The SMILES string of the molecule is COCC(O)CNC(=O)C1=Cc2cc(Cl)ccc2OC1. The summed E-state index contributed by atoms with van der Waals surface area (Å²) in [5.41, 5.74) is 1.26. The number of halogens is 1. The van der Waals surface area contributed by atoms with Crippen molar-refractivity contribution in [2.24, 2.45) is 0 Å². The van der Waals surface area contributed by atoms with Gasteiger partial charge in [0.25, 0.3) is 5.91 Å².